The summed E-state index contributed by atoms with van der Waals surface area (Å²) in [6.45, 7) is 10.8. The molecule has 316 valence electrons. The number of carbonyl (C=O) groups excluding carboxylic acids is 2. The molecule has 0 radical (unpaired) electrons. The molecular weight excluding hydrogens is 703 g/mol. The van der Waals surface area contributed by atoms with Crippen molar-refractivity contribution in [1.29, 1.82) is 0 Å². The Labute approximate surface area is 336 Å². The van der Waals surface area contributed by atoms with Crippen molar-refractivity contribution in [3.63, 3.8) is 0 Å². The van der Waals surface area contributed by atoms with Crippen LogP contribution in [0, 0.1) is 0 Å². The van der Waals surface area contributed by atoms with Gasteiger partial charge in [-0.2, -0.15) is 0 Å². The zero-order valence-electron chi connectivity index (χ0n) is 35.2. The molecular formula is C44H87NO6S2. The molecule has 0 spiro atoms. The molecule has 0 aliphatic heterocycles. The third kappa shape index (κ3) is 40.8. The first kappa shape index (κ1) is 52.4. The molecule has 0 amide bonds. The minimum atomic E-state index is -0.471. The van der Waals surface area contributed by atoms with Crippen LogP contribution in [0.3, 0.4) is 0 Å². The van der Waals surface area contributed by atoms with E-state index in [2.05, 4.69) is 25.7 Å². The smallest absolute Gasteiger partial charge is 0.466 e. The van der Waals surface area contributed by atoms with Crippen molar-refractivity contribution in [1.82, 2.24) is 4.90 Å². The van der Waals surface area contributed by atoms with Gasteiger partial charge < -0.3 is 24.2 Å². The van der Waals surface area contributed by atoms with Gasteiger partial charge in [-0.05, 0) is 70.9 Å². The van der Waals surface area contributed by atoms with E-state index in [9.17, 15) is 14.7 Å². The average Bonchev–Trinajstić information content (AvgIpc) is 3.15. The Morgan fingerprint density at radius 1 is 0.509 bits per heavy atom. The third-order valence-electron chi connectivity index (χ3n) is 9.96. The van der Waals surface area contributed by atoms with Crippen LogP contribution in [-0.2, 0) is 19.0 Å². The zero-order valence-corrected chi connectivity index (χ0v) is 36.8. The summed E-state index contributed by atoms with van der Waals surface area (Å²) in [4.78, 5) is 26.7. The van der Waals surface area contributed by atoms with Gasteiger partial charge in [0.15, 0.2) is 0 Å². The fourth-order valence-electron chi connectivity index (χ4n) is 6.54. The van der Waals surface area contributed by atoms with Gasteiger partial charge in [-0.15, -0.1) is 0 Å². The summed E-state index contributed by atoms with van der Waals surface area (Å²) in [5, 5.41) is 9.53. The molecule has 0 rings (SSSR count). The maximum absolute atomic E-state index is 12.5. The van der Waals surface area contributed by atoms with Crippen LogP contribution in [0.1, 0.15) is 213 Å². The Morgan fingerprint density at radius 3 is 1.47 bits per heavy atom. The molecule has 0 aromatic rings. The van der Waals surface area contributed by atoms with Crippen LogP contribution in [0.4, 0.5) is 4.79 Å². The van der Waals surface area contributed by atoms with Crippen molar-refractivity contribution in [2.75, 3.05) is 51.0 Å². The molecule has 0 saturated carbocycles. The lowest BCUT2D eigenvalue weighted by Gasteiger charge is -2.21. The number of unbranched alkanes of at least 4 members (excludes halogenated alkanes) is 22. The van der Waals surface area contributed by atoms with Gasteiger partial charge in [-0.1, -0.05) is 171 Å². The summed E-state index contributed by atoms with van der Waals surface area (Å²) >= 11 is 0. The van der Waals surface area contributed by atoms with E-state index in [-0.39, 0.29) is 18.7 Å². The second-order valence-corrected chi connectivity index (χ2v) is 17.8. The van der Waals surface area contributed by atoms with E-state index in [1.54, 1.807) is 10.8 Å². The minimum absolute atomic E-state index is 0.00178. The molecule has 0 heterocycles. The molecule has 0 saturated heterocycles. The first-order valence-corrected chi connectivity index (χ1v) is 25.1. The topological polar surface area (TPSA) is 85.3 Å². The predicted octanol–water partition coefficient (Wildman–Crippen LogP) is 13.5. The zero-order chi connectivity index (χ0) is 38.7. The lowest BCUT2D eigenvalue weighted by atomic mass is 10.0. The highest BCUT2D eigenvalue weighted by molar-refractivity contribution is 8.76. The Balaban J connectivity index is 3.84. The Bertz CT molecular complexity index is 761. The second-order valence-electron chi connectivity index (χ2n) is 15.1. The van der Waals surface area contributed by atoms with Crippen molar-refractivity contribution >= 4 is 33.7 Å². The number of aliphatic hydroxyl groups excluding tert-OH is 1. The van der Waals surface area contributed by atoms with Crippen molar-refractivity contribution in [3.05, 3.63) is 0 Å². The van der Waals surface area contributed by atoms with Gasteiger partial charge in [0.05, 0.1) is 26.2 Å². The number of hydrogen-bond acceptors (Lipinski definition) is 9. The van der Waals surface area contributed by atoms with Gasteiger partial charge >= 0.3 is 12.1 Å². The number of esters is 1. The highest BCUT2D eigenvalue weighted by atomic mass is 33.1. The van der Waals surface area contributed by atoms with Gasteiger partial charge in [-0.25, -0.2) is 4.79 Å². The highest BCUT2D eigenvalue weighted by Gasteiger charge is 2.15. The van der Waals surface area contributed by atoms with Crippen molar-refractivity contribution in [2.24, 2.45) is 0 Å². The first-order valence-electron chi connectivity index (χ1n) is 22.6. The quantitative estimate of drug-likeness (QED) is 0.0369. The molecule has 1 atom stereocenters. The fourth-order valence-corrected chi connectivity index (χ4v) is 8.74. The number of hydrogen-bond donors (Lipinski definition) is 1. The minimum Gasteiger partial charge on any atom is -0.466 e. The van der Waals surface area contributed by atoms with E-state index in [1.165, 1.54) is 122 Å². The lowest BCUT2D eigenvalue weighted by Crippen LogP contribution is -2.29. The van der Waals surface area contributed by atoms with E-state index in [1.807, 2.05) is 10.8 Å². The Hall–Kier alpha value is -0.640. The van der Waals surface area contributed by atoms with Crippen molar-refractivity contribution in [2.45, 2.75) is 219 Å². The Kier molecular flexibility index (Phi) is 43.5. The van der Waals surface area contributed by atoms with E-state index in [4.69, 9.17) is 14.2 Å². The summed E-state index contributed by atoms with van der Waals surface area (Å²) < 4.78 is 16.7. The second kappa shape index (κ2) is 44.1. The lowest BCUT2D eigenvalue weighted by molar-refractivity contribution is -0.143. The molecule has 7 nitrogen and oxygen atoms in total. The average molecular weight is 790 g/mol. The first-order chi connectivity index (χ1) is 26.1. The number of carbonyl (C=O) groups is 2. The summed E-state index contributed by atoms with van der Waals surface area (Å²) in [6, 6.07) is 0. The van der Waals surface area contributed by atoms with Gasteiger partial charge in [0.25, 0.3) is 0 Å². The molecule has 9 heteroatoms. The van der Waals surface area contributed by atoms with E-state index in [0.717, 1.165) is 95.3 Å². The molecule has 0 fully saturated rings. The van der Waals surface area contributed by atoms with Crippen molar-refractivity contribution in [3.8, 4) is 0 Å². The van der Waals surface area contributed by atoms with Crippen LogP contribution in [0.15, 0.2) is 0 Å². The maximum atomic E-state index is 12.5. The Morgan fingerprint density at radius 2 is 0.943 bits per heavy atom. The van der Waals surface area contributed by atoms with Crippen LogP contribution in [0.5, 0.6) is 0 Å². The van der Waals surface area contributed by atoms with Crippen LogP contribution < -0.4 is 0 Å². The molecule has 0 bridgehead atoms. The summed E-state index contributed by atoms with van der Waals surface area (Å²) in [5.74, 6) is 1.95. The number of ether oxygens (including phenoxy) is 3. The van der Waals surface area contributed by atoms with Crippen LogP contribution in [-0.4, -0.2) is 79.2 Å². The van der Waals surface area contributed by atoms with Gasteiger partial charge in [-0.3, -0.25) is 4.79 Å². The van der Waals surface area contributed by atoms with E-state index in [0.29, 0.717) is 19.6 Å². The molecule has 0 aromatic heterocycles. The van der Waals surface area contributed by atoms with E-state index >= 15 is 0 Å². The normalized spacial score (nSPS) is 12.0. The van der Waals surface area contributed by atoms with E-state index < -0.39 is 6.16 Å². The molecule has 0 aliphatic rings. The van der Waals surface area contributed by atoms with Crippen molar-refractivity contribution < 1.29 is 28.9 Å². The number of rotatable bonds is 43. The SMILES string of the molecule is CCCCCCCCCCCC(CCCCCC)OC(=O)OCCCCCCCCN(CCO)CCCCCCCCOC(=O)CCSSCCCC. The number of nitrogens with zero attached hydrogens (tertiary/aromatic N) is 1. The summed E-state index contributed by atoms with van der Waals surface area (Å²) in [5.41, 5.74) is 0. The van der Waals surface area contributed by atoms with Gasteiger partial charge in [0.1, 0.15) is 6.10 Å². The largest absolute Gasteiger partial charge is 0.508 e. The molecule has 0 aromatic carbocycles. The molecule has 1 unspecified atom stereocenters. The third-order valence-corrected chi connectivity index (χ3v) is 12.5. The van der Waals surface area contributed by atoms with Crippen LogP contribution in [0.2, 0.25) is 0 Å². The van der Waals surface area contributed by atoms with Gasteiger partial charge in [0.2, 0.25) is 0 Å². The van der Waals surface area contributed by atoms with Crippen LogP contribution >= 0.6 is 21.6 Å². The predicted molar refractivity (Wildman–Crippen MR) is 231 cm³/mol. The maximum Gasteiger partial charge on any atom is 0.508 e. The molecule has 1 N–H and O–H groups in total. The molecule has 53 heavy (non-hydrogen) atoms. The molecule has 0 aliphatic carbocycles. The standard InChI is InChI=1S/C44H87NO6S2/c1-4-7-10-12-13-14-15-20-26-32-42(31-25-11-8-5-2)51-44(48)50-39-30-24-19-17-22-28-35-45(36-37-46)34-27-21-16-18-23-29-38-49-43(47)33-41-53-52-40-9-6-3/h42,46H,4-41H2,1-3H3. The summed E-state index contributed by atoms with van der Waals surface area (Å²) in [6.07, 6.45) is 34.6. The monoisotopic (exact) mass is 790 g/mol. The van der Waals surface area contributed by atoms with Crippen LogP contribution in [0.25, 0.3) is 0 Å². The summed E-state index contributed by atoms with van der Waals surface area (Å²) in [7, 11) is 3.64. The highest BCUT2D eigenvalue weighted by Crippen LogP contribution is 2.23. The fraction of sp³-hybridized carbons (Fsp3) is 0.955. The van der Waals surface area contributed by atoms with Gasteiger partial charge in [0, 0.05) is 18.1 Å². The number of aliphatic hydroxyl groups is 1.